The Bertz CT molecular complexity index is 1390. The van der Waals surface area contributed by atoms with Crippen LogP contribution < -0.4 is 5.32 Å². The Labute approximate surface area is 409 Å². The fourth-order valence-electron chi connectivity index (χ4n) is 11.3. The van der Waals surface area contributed by atoms with Crippen LogP contribution in [-0.4, -0.2) is 107 Å². The van der Waals surface area contributed by atoms with Crippen LogP contribution in [0, 0.1) is 28.6 Å². The number of amides is 1. The van der Waals surface area contributed by atoms with Crippen LogP contribution in [0.2, 0.25) is 0 Å². The Hall–Kier alpha value is -3.42. The Morgan fingerprint density at radius 3 is 1.31 bits per heavy atom. The number of esters is 5. The van der Waals surface area contributed by atoms with E-state index in [2.05, 4.69) is 24.1 Å². The number of alkyl carbamates (subject to hydrolysis) is 1. The molecule has 14 nitrogen and oxygen atoms in total. The Morgan fingerprint density at radius 2 is 0.868 bits per heavy atom. The van der Waals surface area contributed by atoms with Crippen LogP contribution in [0.4, 0.5) is 4.79 Å². The third kappa shape index (κ3) is 23.9. The first-order valence-corrected chi connectivity index (χ1v) is 27.4. The van der Waals surface area contributed by atoms with Crippen molar-refractivity contribution in [3.05, 3.63) is 0 Å². The Morgan fingerprint density at radius 1 is 0.485 bits per heavy atom. The fourth-order valence-corrected chi connectivity index (χ4v) is 11.3. The second-order valence-electron chi connectivity index (χ2n) is 21.2. The van der Waals surface area contributed by atoms with Gasteiger partial charge in [0.05, 0.1) is 19.6 Å². The summed E-state index contributed by atoms with van der Waals surface area (Å²) in [5.41, 5.74) is -1.46. The Balaban J connectivity index is 1.30. The maximum Gasteiger partial charge on any atom is 0.407 e. The third-order valence-electron chi connectivity index (χ3n) is 14.8. The molecule has 4 bridgehead atoms. The normalized spacial score (nSPS) is 20.8. The second kappa shape index (κ2) is 33.2. The summed E-state index contributed by atoms with van der Waals surface area (Å²) in [7, 11) is 0. The van der Waals surface area contributed by atoms with E-state index in [0.29, 0.717) is 76.2 Å². The van der Waals surface area contributed by atoms with Gasteiger partial charge in [-0.25, -0.2) is 4.79 Å². The summed E-state index contributed by atoms with van der Waals surface area (Å²) < 4.78 is 34.2. The lowest BCUT2D eigenvalue weighted by molar-refractivity contribution is -0.168. The zero-order valence-corrected chi connectivity index (χ0v) is 42.6. The first kappa shape index (κ1) is 57.2. The third-order valence-corrected chi connectivity index (χ3v) is 14.8. The molecule has 1 amide bonds. The standard InChI is InChI=1S/C54H92N2O12/c1-3-5-7-9-11-13-21-31-63-47(57)23-15-17-25-49(59)65-40-54(43-68-52(62)55-27-30-56-28-19-20-29-56,42-67-51(61)39-53-36-44-33-45(37-53)35-46(34-44)38-53)41-66-50(60)26-18-16-24-48(58)64-32-22-14-12-10-8-6-4-2/h44-46H,3-43H2,1-2H3,(H,55,62). The summed E-state index contributed by atoms with van der Waals surface area (Å²) >= 11 is 0. The number of carbonyl (C=O) groups excluding carboxylic acids is 6. The largest absolute Gasteiger partial charge is 0.466 e. The number of hydrogen-bond donors (Lipinski definition) is 1. The van der Waals surface area contributed by atoms with Gasteiger partial charge in [0, 0.05) is 38.8 Å². The van der Waals surface area contributed by atoms with E-state index < -0.39 is 23.4 Å². The summed E-state index contributed by atoms with van der Waals surface area (Å²) in [6, 6.07) is 0. The van der Waals surface area contributed by atoms with Crippen LogP contribution >= 0.6 is 0 Å². The van der Waals surface area contributed by atoms with Crippen LogP contribution in [0.1, 0.15) is 213 Å². The monoisotopic (exact) mass is 961 g/mol. The van der Waals surface area contributed by atoms with Crippen LogP contribution in [0.25, 0.3) is 0 Å². The maximum atomic E-state index is 13.8. The highest BCUT2D eigenvalue weighted by Crippen LogP contribution is 2.61. The number of nitrogens with zero attached hydrogens (tertiary/aromatic N) is 1. The number of ether oxygens (including phenoxy) is 6. The van der Waals surface area contributed by atoms with E-state index in [4.69, 9.17) is 28.4 Å². The molecule has 1 saturated heterocycles. The molecule has 5 fully saturated rings. The smallest absolute Gasteiger partial charge is 0.407 e. The van der Waals surface area contributed by atoms with Gasteiger partial charge in [0.25, 0.3) is 0 Å². The van der Waals surface area contributed by atoms with Gasteiger partial charge in [-0.1, -0.05) is 90.9 Å². The summed E-state index contributed by atoms with van der Waals surface area (Å²) in [6.45, 7) is 6.92. The summed E-state index contributed by atoms with van der Waals surface area (Å²) in [4.78, 5) is 80.3. The molecule has 68 heavy (non-hydrogen) atoms. The summed E-state index contributed by atoms with van der Waals surface area (Å²) in [5, 5.41) is 2.80. The van der Waals surface area contributed by atoms with Crippen LogP contribution in [0.3, 0.4) is 0 Å². The molecule has 4 saturated carbocycles. The number of rotatable bonds is 39. The highest BCUT2D eigenvalue weighted by Gasteiger charge is 2.52. The van der Waals surface area contributed by atoms with Gasteiger partial charge >= 0.3 is 35.9 Å². The lowest BCUT2D eigenvalue weighted by atomic mass is 9.49. The first-order chi connectivity index (χ1) is 33.0. The van der Waals surface area contributed by atoms with Crippen molar-refractivity contribution in [1.82, 2.24) is 10.2 Å². The molecule has 1 N–H and O–H groups in total. The lowest BCUT2D eigenvalue weighted by Gasteiger charge is -2.56. The van der Waals surface area contributed by atoms with Crippen molar-refractivity contribution in [1.29, 1.82) is 0 Å². The van der Waals surface area contributed by atoms with Gasteiger partial charge in [0.2, 0.25) is 0 Å². The Kier molecular flexibility index (Phi) is 27.9. The van der Waals surface area contributed by atoms with E-state index in [1.807, 2.05) is 0 Å². The number of likely N-dealkylation sites (tertiary alicyclic amines) is 1. The summed E-state index contributed by atoms with van der Waals surface area (Å²) in [6.07, 6.45) is 26.8. The molecule has 0 spiro atoms. The van der Waals surface area contributed by atoms with E-state index in [0.717, 1.165) is 83.7 Å². The highest BCUT2D eigenvalue weighted by molar-refractivity contribution is 5.72. The molecule has 5 aliphatic rings. The lowest BCUT2D eigenvalue weighted by Crippen LogP contribution is -2.48. The van der Waals surface area contributed by atoms with Crippen molar-refractivity contribution in [3.63, 3.8) is 0 Å². The van der Waals surface area contributed by atoms with Crippen molar-refractivity contribution in [2.45, 2.75) is 213 Å². The molecule has 0 aromatic rings. The molecule has 1 heterocycles. The van der Waals surface area contributed by atoms with E-state index >= 15 is 0 Å². The molecule has 390 valence electrons. The van der Waals surface area contributed by atoms with Crippen LogP contribution in [-0.2, 0) is 52.4 Å². The number of unbranched alkanes of at least 4 members (excludes halogenated alkanes) is 14. The van der Waals surface area contributed by atoms with Crippen molar-refractivity contribution in [2.24, 2.45) is 28.6 Å². The highest BCUT2D eigenvalue weighted by atomic mass is 16.6. The van der Waals surface area contributed by atoms with E-state index in [1.165, 1.54) is 70.6 Å². The molecule has 14 heteroatoms. The minimum absolute atomic E-state index is 0.0338. The average Bonchev–Trinajstić information content (AvgIpc) is 3.83. The van der Waals surface area contributed by atoms with Gasteiger partial charge in [0.1, 0.15) is 31.8 Å². The predicted octanol–water partition coefficient (Wildman–Crippen LogP) is 10.7. The van der Waals surface area contributed by atoms with Crippen LogP contribution in [0.15, 0.2) is 0 Å². The molecule has 5 rings (SSSR count). The molecule has 0 atom stereocenters. The van der Waals surface area contributed by atoms with Crippen LogP contribution in [0.5, 0.6) is 0 Å². The van der Waals surface area contributed by atoms with Crippen molar-refractivity contribution in [2.75, 3.05) is 65.8 Å². The van der Waals surface area contributed by atoms with Gasteiger partial charge in [-0.15, -0.1) is 0 Å². The zero-order chi connectivity index (χ0) is 48.7. The zero-order valence-electron chi connectivity index (χ0n) is 42.6. The second-order valence-corrected chi connectivity index (χ2v) is 21.2. The van der Waals surface area contributed by atoms with Crippen molar-refractivity contribution in [3.8, 4) is 0 Å². The molecular weight excluding hydrogens is 869 g/mol. The number of carbonyl (C=O) groups is 6. The molecule has 0 aromatic carbocycles. The number of hydrogen-bond acceptors (Lipinski definition) is 13. The van der Waals surface area contributed by atoms with Gasteiger partial charge < -0.3 is 38.6 Å². The molecular formula is C54H92N2O12. The fraction of sp³-hybridized carbons (Fsp3) is 0.889. The maximum absolute atomic E-state index is 13.8. The molecule has 0 radical (unpaired) electrons. The number of nitrogens with one attached hydrogen (secondary N) is 1. The van der Waals surface area contributed by atoms with E-state index in [9.17, 15) is 28.8 Å². The molecule has 1 aliphatic heterocycles. The molecule has 0 unspecified atom stereocenters. The van der Waals surface area contributed by atoms with Gasteiger partial charge in [-0.05, 0) is 126 Å². The van der Waals surface area contributed by atoms with Crippen molar-refractivity contribution < 1.29 is 57.2 Å². The molecule has 4 aliphatic carbocycles. The SMILES string of the molecule is CCCCCCCCCOC(=O)CCCCC(=O)OCC(COC(=O)CCCCC(=O)OCCCCCCCCC)(COC(=O)CC12CC3CC(CC(C3)C1)C2)COC(=O)NCCN1CCCC1. The van der Waals surface area contributed by atoms with Gasteiger partial charge in [-0.3, -0.25) is 24.0 Å². The minimum atomic E-state index is -1.39. The van der Waals surface area contributed by atoms with Gasteiger partial charge in [0.15, 0.2) is 0 Å². The van der Waals surface area contributed by atoms with Gasteiger partial charge in [-0.2, -0.15) is 0 Å². The first-order valence-electron chi connectivity index (χ1n) is 27.4. The van der Waals surface area contributed by atoms with E-state index in [-0.39, 0.29) is 75.4 Å². The molecule has 0 aromatic heterocycles. The minimum Gasteiger partial charge on any atom is -0.466 e. The van der Waals surface area contributed by atoms with E-state index in [1.54, 1.807) is 0 Å². The average molecular weight is 961 g/mol. The van der Waals surface area contributed by atoms with Crippen molar-refractivity contribution >= 4 is 35.9 Å². The summed E-state index contributed by atoms with van der Waals surface area (Å²) in [5.74, 6) is -0.0229. The predicted molar refractivity (Wildman–Crippen MR) is 260 cm³/mol. The topological polar surface area (TPSA) is 173 Å². The quantitative estimate of drug-likeness (QED) is 0.0351.